The van der Waals surface area contributed by atoms with Gasteiger partial charge in [0.25, 0.3) is 5.91 Å². The second kappa shape index (κ2) is 5.57. The van der Waals surface area contributed by atoms with Crippen LogP contribution >= 0.6 is 0 Å². The number of carbonyl (C=O) groups excluding carboxylic acids is 1. The number of carbonyl (C=O) groups is 2. The van der Waals surface area contributed by atoms with E-state index in [2.05, 4.69) is 0 Å². The Morgan fingerprint density at radius 1 is 1.28 bits per heavy atom. The maximum atomic E-state index is 13.5. The van der Waals surface area contributed by atoms with Gasteiger partial charge in [0, 0.05) is 12.6 Å². The van der Waals surface area contributed by atoms with E-state index in [0.29, 0.717) is 6.07 Å². The maximum absolute atomic E-state index is 13.5. The Bertz CT molecular complexity index is 488. The zero-order valence-corrected chi connectivity index (χ0v) is 10.0. The van der Waals surface area contributed by atoms with E-state index >= 15 is 0 Å². The first-order valence-corrected chi connectivity index (χ1v) is 5.33. The van der Waals surface area contributed by atoms with Gasteiger partial charge < -0.3 is 10.0 Å². The number of hydrogen-bond acceptors (Lipinski definition) is 2. The van der Waals surface area contributed by atoms with Crippen molar-refractivity contribution >= 4 is 11.9 Å². The summed E-state index contributed by atoms with van der Waals surface area (Å²) in [5.74, 6) is -3.69. The average molecular weight is 257 g/mol. The van der Waals surface area contributed by atoms with Gasteiger partial charge in [-0.15, -0.1) is 0 Å². The second-order valence-electron chi connectivity index (χ2n) is 3.79. The normalized spacial score (nSPS) is 10.2. The molecule has 0 aliphatic rings. The highest BCUT2D eigenvalue weighted by molar-refractivity contribution is 5.96. The van der Waals surface area contributed by atoms with Gasteiger partial charge in [0.2, 0.25) is 0 Å². The van der Waals surface area contributed by atoms with Gasteiger partial charge in [0.05, 0.1) is 5.56 Å². The van der Waals surface area contributed by atoms with Crippen molar-refractivity contribution in [3.8, 4) is 0 Å². The van der Waals surface area contributed by atoms with Crippen LogP contribution in [0.4, 0.5) is 8.78 Å². The Morgan fingerprint density at radius 3 is 2.39 bits per heavy atom. The SMILES string of the molecule is CCN(CC(=O)O)C(=O)c1cc(C)c(F)cc1F. The van der Waals surface area contributed by atoms with Gasteiger partial charge in [-0.25, -0.2) is 8.78 Å². The van der Waals surface area contributed by atoms with Crippen molar-refractivity contribution in [3.05, 3.63) is 34.9 Å². The molecule has 0 heterocycles. The van der Waals surface area contributed by atoms with Crippen molar-refractivity contribution in [2.45, 2.75) is 13.8 Å². The van der Waals surface area contributed by atoms with Gasteiger partial charge >= 0.3 is 5.97 Å². The highest BCUT2D eigenvalue weighted by Crippen LogP contribution is 2.16. The first-order chi connectivity index (χ1) is 8.36. The lowest BCUT2D eigenvalue weighted by atomic mass is 10.1. The van der Waals surface area contributed by atoms with Gasteiger partial charge in [-0.3, -0.25) is 9.59 Å². The number of hydrogen-bond donors (Lipinski definition) is 1. The number of carboxylic acids is 1. The number of aryl methyl sites for hydroxylation is 1. The molecule has 98 valence electrons. The molecular weight excluding hydrogens is 244 g/mol. The number of benzene rings is 1. The van der Waals surface area contributed by atoms with Gasteiger partial charge in [0.1, 0.15) is 18.2 Å². The number of aliphatic carboxylic acids is 1. The molecule has 0 bridgehead atoms. The first kappa shape index (κ1) is 14.1. The lowest BCUT2D eigenvalue weighted by molar-refractivity contribution is -0.137. The summed E-state index contributed by atoms with van der Waals surface area (Å²) in [5, 5.41) is 8.63. The molecule has 0 aliphatic heterocycles. The minimum Gasteiger partial charge on any atom is -0.480 e. The molecule has 0 saturated carbocycles. The predicted octanol–water partition coefficient (Wildman–Crippen LogP) is 1.82. The van der Waals surface area contributed by atoms with Crippen LogP contribution in [0.25, 0.3) is 0 Å². The molecule has 4 nitrogen and oxygen atoms in total. The van der Waals surface area contributed by atoms with Crippen LogP contribution in [0.5, 0.6) is 0 Å². The number of rotatable bonds is 4. The molecule has 0 radical (unpaired) electrons. The largest absolute Gasteiger partial charge is 0.480 e. The molecule has 1 aromatic rings. The van der Waals surface area contributed by atoms with Crippen LogP contribution < -0.4 is 0 Å². The van der Waals surface area contributed by atoms with E-state index in [1.54, 1.807) is 6.92 Å². The molecule has 18 heavy (non-hydrogen) atoms. The van der Waals surface area contributed by atoms with Crippen LogP contribution in [0.15, 0.2) is 12.1 Å². The summed E-state index contributed by atoms with van der Waals surface area (Å²) in [6, 6.07) is 1.70. The van der Waals surface area contributed by atoms with E-state index in [0.717, 1.165) is 11.0 Å². The van der Waals surface area contributed by atoms with Crippen LogP contribution in [0.3, 0.4) is 0 Å². The zero-order valence-electron chi connectivity index (χ0n) is 10.0. The topological polar surface area (TPSA) is 57.6 Å². The van der Waals surface area contributed by atoms with E-state index < -0.39 is 30.1 Å². The Morgan fingerprint density at radius 2 is 1.89 bits per heavy atom. The van der Waals surface area contributed by atoms with Gasteiger partial charge in [-0.2, -0.15) is 0 Å². The van der Waals surface area contributed by atoms with Crippen LogP contribution in [0, 0.1) is 18.6 Å². The summed E-state index contributed by atoms with van der Waals surface area (Å²) >= 11 is 0. The summed E-state index contributed by atoms with van der Waals surface area (Å²) in [6.07, 6.45) is 0. The molecule has 0 aliphatic carbocycles. The Kier molecular flexibility index (Phi) is 4.36. The zero-order chi connectivity index (χ0) is 13.9. The van der Waals surface area contributed by atoms with Crippen molar-refractivity contribution in [1.29, 1.82) is 0 Å². The molecule has 0 saturated heterocycles. The van der Waals surface area contributed by atoms with Crippen molar-refractivity contribution in [2.75, 3.05) is 13.1 Å². The molecule has 0 aromatic heterocycles. The van der Waals surface area contributed by atoms with Crippen LogP contribution in [-0.2, 0) is 4.79 Å². The molecule has 1 amide bonds. The fraction of sp³-hybridized carbons (Fsp3) is 0.333. The number of carboxylic acid groups (broad SMARTS) is 1. The number of halogens is 2. The van der Waals surface area contributed by atoms with Crippen molar-refractivity contribution in [2.24, 2.45) is 0 Å². The van der Waals surface area contributed by atoms with Crippen molar-refractivity contribution < 1.29 is 23.5 Å². The highest BCUT2D eigenvalue weighted by atomic mass is 19.1. The Balaban J connectivity index is 3.09. The van der Waals surface area contributed by atoms with E-state index in [1.165, 1.54) is 6.92 Å². The number of amides is 1. The monoisotopic (exact) mass is 257 g/mol. The lowest BCUT2D eigenvalue weighted by Crippen LogP contribution is -2.36. The van der Waals surface area contributed by atoms with Crippen LogP contribution in [0.2, 0.25) is 0 Å². The highest BCUT2D eigenvalue weighted by Gasteiger charge is 2.21. The Labute approximate surface area is 103 Å². The molecule has 0 fully saturated rings. The third-order valence-electron chi connectivity index (χ3n) is 2.47. The quantitative estimate of drug-likeness (QED) is 0.895. The first-order valence-electron chi connectivity index (χ1n) is 5.33. The molecule has 0 atom stereocenters. The molecule has 0 unspecified atom stereocenters. The maximum Gasteiger partial charge on any atom is 0.323 e. The second-order valence-corrected chi connectivity index (χ2v) is 3.79. The fourth-order valence-corrected chi connectivity index (χ4v) is 1.48. The average Bonchev–Trinajstić information content (AvgIpc) is 2.29. The summed E-state index contributed by atoms with van der Waals surface area (Å²) in [5.41, 5.74) is -0.192. The van der Waals surface area contributed by atoms with Gasteiger partial charge in [-0.1, -0.05) is 0 Å². The summed E-state index contributed by atoms with van der Waals surface area (Å²) in [6.45, 7) is 2.58. The molecule has 1 rings (SSSR count). The molecule has 1 aromatic carbocycles. The number of nitrogens with zero attached hydrogens (tertiary/aromatic N) is 1. The summed E-state index contributed by atoms with van der Waals surface area (Å²) in [7, 11) is 0. The minimum atomic E-state index is -1.19. The minimum absolute atomic E-state index is 0.126. The van der Waals surface area contributed by atoms with E-state index in [-0.39, 0.29) is 17.7 Å². The summed E-state index contributed by atoms with van der Waals surface area (Å²) < 4.78 is 26.5. The Hall–Kier alpha value is -1.98. The third-order valence-corrected chi connectivity index (χ3v) is 2.47. The van der Waals surface area contributed by atoms with E-state index in [9.17, 15) is 18.4 Å². The standard InChI is InChI=1S/C12H13F2NO3/c1-3-15(6-11(16)17)12(18)8-4-7(2)9(13)5-10(8)14/h4-5H,3,6H2,1-2H3,(H,16,17). The predicted molar refractivity (Wildman–Crippen MR) is 60.3 cm³/mol. The third kappa shape index (κ3) is 3.03. The fourth-order valence-electron chi connectivity index (χ4n) is 1.48. The summed E-state index contributed by atoms with van der Waals surface area (Å²) in [4.78, 5) is 23.4. The van der Waals surface area contributed by atoms with Crippen molar-refractivity contribution in [1.82, 2.24) is 4.90 Å². The molecular formula is C12H13F2NO3. The van der Waals surface area contributed by atoms with Crippen molar-refractivity contribution in [3.63, 3.8) is 0 Å². The van der Waals surface area contributed by atoms with Gasteiger partial charge in [-0.05, 0) is 25.5 Å². The van der Waals surface area contributed by atoms with Gasteiger partial charge in [0.15, 0.2) is 0 Å². The van der Waals surface area contributed by atoms with E-state index in [1.807, 2.05) is 0 Å². The lowest BCUT2D eigenvalue weighted by Gasteiger charge is -2.19. The van der Waals surface area contributed by atoms with Crippen LogP contribution in [-0.4, -0.2) is 35.0 Å². The molecule has 0 spiro atoms. The van der Waals surface area contributed by atoms with Crippen LogP contribution in [0.1, 0.15) is 22.8 Å². The molecule has 6 heteroatoms. The molecule has 1 N–H and O–H groups in total. The number of likely N-dealkylation sites (N-methyl/N-ethyl adjacent to an activating group) is 1. The van der Waals surface area contributed by atoms with E-state index in [4.69, 9.17) is 5.11 Å². The smallest absolute Gasteiger partial charge is 0.323 e.